The van der Waals surface area contributed by atoms with Gasteiger partial charge in [0.25, 0.3) is 0 Å². The lowest BCUT2D eigenvalue weighted by molar-refractivity contribution is -0.127. The number of nitrogens with zero attached hydrogens (tertiary/aromatic N) is 2. The Morgan fingerprint density at radius 3 is 2.91 bits per heavy atom. The third-order valence-electron chi connectivity index (χ3n) is 4.28. The van der Waals surface area contributed by atoms with Gasteiger partial charge in [-0.1, -0.05) is 18.2 Å². The molecule has 0 aliphatic carbocycles. The molecule has 1 amide bonds. The predicted molar refractivity (Wildman–Crippen MR) is 85.8 cm³/mol. The van der Waals surface area contributed by atoms with E-state index < -0.39 is 11.2 Å². The molecule has 3 rings (SSSR count). The molecule has 6 heteroatoms. The van der Waals surface area contributed by atoms with Crippen LogP contribution in [0.15, 0.2) is 34.5 Å². The summed E-state index contributed by atoms with van der Waals surface area (Å²) in [6, 6.07) is 7.64. The van der Waals surface area contributed by atoms with Crippen LogP contribution in [0.5, 0.6) is 5.75 Å². The molecule has 1 aromatic rings. The zero-order chi connectivity index (χ0) is 16.3. The van der Waals surface area contributed by atoms with Gasteiger partial charge in [0.15, 0.2) is 5.66 Å². The largest absolute Gasteiger partial charge is 0.491 e. The number of hydrogen-bond acceptors (Lipinski definition) is 5. The molecule has 0 aromatic heterocycles. The van der Waals surface area contributed by atoms with E-state index in [-0.39, 0.29) is 12.5 Å². The highest BCUT2D eigenvalue weighted by molar-refractivity contribution is 5.87. The third kappa shape index (κ3) is 3.35. The van der Waals surface area contributed by atoms with E-state index in [1.54, 1.807) is 0 Å². The molecule has 1 atom stereocenters. The van der Waals surface area contributed by atoms with Gasteiger partial charge in [0, 0.05) is 32.2 Å². The number of carbonyl (C=O) groups is 1. The second-order valence-corrected chi connectivity index (χ2v) is 6.12. The van der Waals surface area contributed by atoms with Gasteiger partial charge in [-0.15, -0.1) is 12.3 Å². The molecule has 3 N–H and O–H groups in total. The number of benzene rings is 1. The van der Waals surface area contributed by atoms with Crippen LogP contribution in [0.2, 0.25) is 0 Å². The third-order valence-corrected chi connectivity index (χ3v) is 4.28. The number of nitrogens with two attached hydrogens (primary N) is 1. The van der Waals surface area contributed by atoms with Crippen LogP contribution < -0.4 is 15.8 Å². The Labute approximate surface area is 135 Å². The fraction of sp³-hybridized carbons (Fsp3) is 0.471. The van der Waals surface area contributed by atoms with Crippen molar-refractivity contribution < 1.29 is 9.53 Å². The topological polar surface area (TPSA) is 89.1 Å². The maximum Gasteiger partial charge on any atom is 0.243 e. The molecular formula is C17H20N4O2. The Kier molecular flexibility index (Phi) is 4.05. The van der Waals surface area contributed by atoms with Crippen molar-refractivity contribution in [2.75, 3.05) is 13.2 Å². The molecule has 2 aliphatic rings. The summed E-state index contributed by atoms with van der Waals surface area (Å²) in [5.74, 6) is 3.17. The molecule has 2 heterocycles. The molecule has 6 nitrogen and oxygen atoms in total. The number of carbonyl (C=O) groups excluding carboxylic acids is 1. The summed E-state index contributed by atoms with van der Waals surface area (Å²) in [7, 11) is 0. The van der Waals surface area contributed by atoms with E-state index in [9.17, 15) is 4.79 Å². The molecule has 1 aromatic carbocycles. The van der Waals surface area contributed by atoms with Gasteiger partial charge in [-0.3, -0.25) is 4.79 Å². The van der Waals surface area contributed by atoms with E-state index in [1.165, 1.54) is 0 Å². The highest BCUT2D eigenvalue weighted by atomic mass is 16.5. The van der Waals surface area contributed by atoms with Crippen molar-refractivity contribution in [3.05, 3.63) is 29.8 Å². The van der Waals surface area contributed by atoms with Crippen LogP contribution >= 0.6 is 0 Å². The van der Waals surface area contributed by atoms with Crippen LogP contribution in [0, 0.1) is 12.3 Å². The minimum Gasteiger partial charge on any atom is -0.491 e. The van der Waals surface area contributed by atoms with Crippen LogP contribution in [0.3, 0.4) is 0 Å². The van der Waals surface area contributed by atoms with Crippen molar-refractivity contribution in [2.45, 2.75) is 36.9 Å². The quantitative estimate of drug-likeness (QED) is 0.778. The lowest BCUT2D eigenvalue weighted by atomic mass is 9.89. The van der Waals surface area contributed by atoms with Crippen molar-refractivity contribution in [3.8, 4) is 18.1 Å². The van der Waals surface area contributed by atoms with E-state index in [4.69, 9.17) is 16.9 Å². The number of fused-ring (bicyclic) bond motifs is 1. The van der Waals surface area contributed by atoms with Gasteiger partial charge in [-0.05, 0) is 11.6 Å². The Morgan fingerprint density at radius 2 is 2.17 bits per heavy atom. The van der Waals surface area contributed by atoms with E-state index in [0.717, 1.165) is 17.7 Å². The van der Waals surface area contributed by atoms with E-state index in [0.29, 0.717) is 25.8 Å². The molecule has 0 saturated carbocycles. The van der Waals surface area contributed by atoms with Gasteiger partial charge >= 0.3 is 0 Å². The van der Waals surface area contributed by atoms with Crippen molar-refractivity contribution in [2.24, 2.45) is 16.0 Å². The maximum atomic E-state index is 12.4. The van der Waals surface area contributed by atoms with Crippen LogP contribution in [0.4, 0.5) is 0 Å². The molecule has 0 fully saturated rings. The first-order valence-electron chi connectivity index (χ1n) is 7.72. The number of terminal acetylenes is 1. The zero-order valence-electron chi connectivity index (χ0n) is 12.9. The first kappa shape index (κ1) is 15.5. The first-order chi connectivity index (χ1) is 11.1. The van der Waals surface area contributed by atoms with Gasteiger partial charge in [-0.2, -0.15) is 10.2 Å². The van der Waals surface area contributed by atoms with Crippen LogP contribution in [0.25, 0.3) is 0 Å². The van der Waals surface area contributed by atoms with Gasteiger partial charge in [0.2, 0.25) is 5.91 Å². The van der Waals surface area contributed by atoms with Crippen molar-refractivity contribution in [1.29, 1.82) is 0 Å². The molecule has 1 unspecified atom stereocenters. The fourth-order valence-electron chi connectivity index (χ4n) is 2.75. The number of nitrogens with one attached hydrogen (secondary N) is 1. The molecule has 0 radical (unpaired) electrons. The van der Waals surface area contributed by atoms with E-state index in [1.807, 2.05) is 24.3 Å². The first-order valence-corrected chi connectivity index (χ1v) is 7.72. The Morgan fingerprint density at radius 1 is 1.39 bits per heavy atom. The SMILES string of the molecule is C#CCCC1(CCNC(=O)C2(N)COc3ccccc3C2)N=N1. The van der Waals surface area contributed by atoms with Gasteiger partial charge in [0.1, 0.15) is 17.9 Å². The summed E-state index contributed by atoms with van der Waals surface area (Å²) in [6.45, 7) is 0.643. The number of rotatable bonds is 6. The summed E-state index contributed by atoms with van der Waals surface area (Å²) < 4.78 is 5.63. The lowest BCUT2D eigenvalue weighted by Gasteiger charge is -2.33. The van der Waals surface area contributed by atoms with Crippen LogP contribution in [-0.2, 0) is 11.2 Å². The normalized spacial score (nSPS) is 23.3. The molecule has 23 heavy (non-hydrogen) atoms. The molecule has 120 valence electrons. The Hall–Kier alpha value is -2.39. The van der Waals surface area contributed by atoms with Crippen molar-refractivity contribution >= 4 is 5.91 Å². The summed E-state index contributed by atoms with van der Waals surface area (Å²) in [4.78, 5) is 12.4. The smallest absolute Gasteiger partial charge is 0.243 e. The van der Waals surface area contributed by atoms with Crippen molar-refractivity contribution in [1.82, 2.24) is 5.32 Å². The standard InChI is InChI=1S/C17H20N4O2/c1-2-3-8-17(20-21-17)9-10-19-15(22)16(18)11-13-6-4-5-7-14(13)23-12-16/h1,4-7H,3,8-12,18H2,(H,19,22). The molecular weight excluding hydrogens is 292 g/mol. The number of hydrogen-bond donors (Lipinski definition) is 2. The zero-order valence-corrected chi connectivity index (χ0v) is 12.9. The number of ether oxygens (including phenoxy) is 1. The maximum absolute atomic E-state index is 12.4. The molecule has 2 aliphatic heterocycles. The minimum atomic E-state index is -1.04. The number of para-hydroxylation sites is 1. The van der Waals surface area contributed by atoms with E-state index >= 15 is 0 Å². The Bertz CT molecular complexity index is 673. The molecule has 0 bridgehead atoms. The van der Waals surface area contributed by atoms with Gasteiger partial charge in [-0.25, -0.2) is 0 Å². The van der Waals surface area contributed by atoms with Crippen molar-refractivity contribution in [3.63, 3.8) is 0 Å². The summed E-state index contributed by atoms with van der Waals surface area (Å²) in [5, 5.41) is 11.0. The van der Waals surface area contributed by atoms with Gasteiger partial charge < -0.3 is 15.8 Å². The fourth-order valence-corrected chi connectivity index (χ4v) is 2.75. The summed E-state index contributed by atoms with van der Waals surface area (Å²) in [5.41, 5.74) is 5.77. The molecule has 0 saturated heterocycles. The number of amides is 1. The monoisotopic (exact) mass is 312 g/mol. The second-order valence-electron chi connectivity index (χ2n) is 6.12. The van der Waals surface area contributed by atoms with E-state index in [2.05, 4.69) is 21.5 Å². The molecule has 0 spiro atoms. The average molecular weight is 312 g/mol. The second kappa shape index (κ2) is 6.01. The summed E-state index contributed by atoms with van der Waals surface area (Å²) >= 11 is 0. The lowest BCUT2D eigenvalue weighted by Crippen LogP contribution is -2.61. The minimum absolute atomic E-state index is 0.173. The van der Waals surface area contributed by atoms with Gasteiger partial charge in [0.05, 0.1) is 0 Å². The average Bonchev–Trinajstić information content (AvgIpc) is 3.33. The Balaban J connectivity index is 1.52. The van der Waals surface area contributed by atoms with Crippen LogP contribution in [-0.4, -0.2) is 30.3 Å². The predicted octanol–water partition coefficient (Wildman–Crippen LogP) is 1.40. The highest BCUT2D eigenvalue weighted by Gasteiger charge is 2.41. The highest BCUT2D eigenvalue weighted by Crippen LogP contribution is 2.36. The summed E-state index contributed by atoms with van der Waals surface area (Å²) in [6.07, 6.45) is 7.73. The van der Waals surface area contributed by atoms with Crippen LogP contribution in [0.1, 0.15) is 24.8 Å².